The quantitative estimate of drug-likeness (QED) is 0.577. The van der Waals surface area contributed by atoms with Crippen LogP contribution < -0.4 is 0 Å². The topological polar surface area (TPSA) is 17.8 Å². The van der Waals surface area contributed by atoms with Crippen molar-refractivity contribution < 1.29 is 4.39 Å². The predicted octanol–water partition coefficient (Wildman–Crippen LogP) is 5.27. The highest BCUT2D eigenvalue weighted by atomic mass is 79.9. The van der Waals surface area contributed by atoms with Crippen LogP contribution in [0.5, 0.6) is 0 Å². The minimum Gasteiger partial charge on any atom is -0.331 e. The minimum absolute atomic E-state index is 0.239. The van der Waals surface area contributed by atoms with Crippen LogP contribution in [0.2, 0.25) is 5.02 Å². The van der Waals surface area contributed by atoms with E-state index in [0.29, 0.717) is 6.54 Å². The van der Waals surface area contributed by atoms with E-state index in [2.05, 4.69) is 25.5 Å². The zero-order valence-electron chi connectivity index (χ0n) is 12.3. The smallest absolute Gasteiger partial charge is 0.124 e. The lowest BCUT2D eigenvalue weighted by Gasteiger charge is -2.09. The van der Waals surface area contributed by atoms with Crippen molar-refractivity contribution in [2.24, 2.45) is 0 Å². The normalized spacial score (nSPS) is 10.9. The van der Waals surface area contributed by atoms with Gasteiger partial charge < -0.3 is 4.57 Å². The molecule has 0 fully saturated rings. The molecule has 0 saturated carbocycles. The molecule has 0 aliphatic rings. The second-order valence-corrected chi connectivity index (χ2v) is 6.73. The van der Waals surface area contributed by atoms with Gasteiger partial charge in [0.25, 0.3) is 0 Å². The lowest BCUT2D eigenvalue weighted by atomic mass is 10.1. The molecule has 0 radical (unpaired) electrons. The number of hydrogen-bond acceptors (Lipinski definition) is 1. The minimum atomic E-state index is -0.239. The predicted molar refractivity (Wildman–Crippen MR) is 94.3 cm³/mol. The van der Waals surface area contributed by atoms with Crippen molar-refractivity contribution in [1.82, 2.24) is 9.55 Å². The molecule has 23 heavy (non-hydrogen) atoms. The fourth-order valence-electron chi connectivity index (χ4n) is 2.52. The molecule has 5 heteroatoms. The van der Waals surface area contributed by atoms with E-state index in [1.807, 2.05) is 36.5 Å². The first-order valence-corrected chi connectivity index (χ1v) is 8.47. The van der Waals surface area contributed by atoms with Crippen LogP contribution in [0.15, 0.2) is 59.3 Å². The van der Waals surface area contributed by atoms with Crippen molar-refractivity contribution in [3.05, 3.63) is 87.1 Å². The molecule has 0 unspecified atom stereocenters. The van der Waals surface area contributed by atoms with Crippen LogP contribution in [0.25, 0.3) is 0 Å². The van der Waals surface area contributed by atoms with Crippen LogP contribution in [-0.2, 0) is 19.4 Å². The molecule has 0 aliphatic heterocycles. The fraction of sp³-hybridized carbons (Fsp3) is 0.167. The van der Waals surface area contributed by atoms with Crippen LogP contribution in [0.4, 0.5) is 4.39 Å². The molecule has 0 N–H and O–H groups in total. The molecular weight excluding hydrogens is 379 g/mol. The number of hydrogen-bond donors (Lipinski definition) is 0. The molecule has 0 atom stereocenters. The average molecular weight is 394 g/mol. The Balaban J connectivity index is 1.70. The second-order valence-electron chi connectivity index (χ2n) is 5.38. The molecule has 2 nitrogen and oxygen atoms in total. The van der Waals surface area contributed by atoms with Gasteiger partial charge in [-0.3, -0.25) is 0 Å². The number of aromatic nitrogens is 2. The summed E-state index contributed by atoms with van der Waals surface area (Å²) >= 11 is 9.23. The Kier molecular flexibility index (Phi) is 5.13. The Morgan fingerprint density at radius 1 is 1.04 bits per heavy atom. The Hall–Kier alpha value is -1.65. The van der Waals surface area contributed by atoms with E-state index in [0.717, 1.165) is 33.7 Å². The van der Waals surface area contributed by atoms with Gasteiger partial charge in [0.1, 0.15) is 11.6 Å². The van der Waals surface area contributed by atoms with E-state index in [1.54, 1.807) is 12.3 Å². The van der Waals surface area contributed by atoms with E-state index >= 15 is 0 Å². The summed E-state index contributed by atoms with van der Waals surface area (Å²) in [7, 11) is 0. The maximum absolute atomic E-state index is 13.5. The number of imidazole rings is 1. The van der Waals surface area contributed by atoms with Crippen molar-refractivity contribution in [3.8, 4) is 0 Å². The van der Waals surface area contributed by atoms with Gasteiger partial charge in [0, 0.05) is 34.9 Å². The van der Waals surface area contributed by atoms with Gasteiger partial charge in [-0.15, -0.1) is 0 Å². The molecule has 3 aromatic rings. The molecule has 0 saturated heterocycles. The van der Waals surface area contributed by atoms with Gasteiger partial charge in [0.15, 0.2) is 0 Å². The second kappa shape index (κ2) is 7.28. The van der Waals surface area contributed by atoms with Gasteiger partial charge >= 0.3 is 0 Å². The maximum atomic E-state index is 13.5. The molecule has 0 aliphatic carbocycles. The van der Waals surface area contributed by atoms with Crippen LogP contribution in [-0.4, -0.2) is 9.55 Å². The number of aryl methyl sites for hydroxylation is 2. The number of rotatable bonds is 5. The third-order valence-corrected chi connectivity index (χ3v) is 4.34. The Labute approximate surface area is 148 Å². The van der Waals surface area contributed by atoms with Crippen LogP contribution in [0, 0.1) is 5.82 Å². The first kappa shape index (κ1) is 16.2. The summed E-state index contributed by atoms with van der Waals surface area (Å²) in [6, 6.07) is 12.8. The third kappa shape index (κ3) is 4.43. The van der Waals surface area contributed by atoms with Crippen molar-refractivity contribution in [2.75, 3.05) is 0 Å². The zero-order valence-corrected chi connectivity index (χ0v) is 14.7. The van der Waals surface area contributed by atoms with E-state index < -0.39 is 0 Å². The Morgan fingerprint density at radius 3 is 2.57 bits per heavy atom. The highest BCUT2D eigenvalue weighted by molar-refractivity contribution is 9.10. The van der Waals surface area contributed by atoms with Gasteiger partial charge in [0.05, 0.1) is 0 Å². The summed E-state index contributed by atoms with van der Waals surface area (Å²) in [5, 5.41) is 0.743. The van der Waals surface area contributed by atoms with Crippen molar-refractivity contribution in [1.29, 1.82) is 0 Å². The summed E-state index contributed by atoms with van der Waals surface area (Å²) in [4.78, 5) is 4.42. The van der Waals surface area contributed by atoms with Gasteiger partial charge in [-0.05, 0) is 47.9 Å². The van der Waals surface area contributed by atoms with E-state index in [9.17, 15) is 4.39 Å². The molecule has 2 aromatic carbocycles. The average Bonchev–Trinajstić information content (AvgIpc) is 2.93. The van der Waals surface area contributed by atoms with Gasteiger partial charge in [-0.2, -0.15) is 0 Å². The van der Waals surface area contributed by atoms with Crippen molar-refractivity contribution in [2.45, 2.75) is 19.4 Å². The van der Waals surface area contributed by atoms with Crippen LogP contribution in [0.1, 0.15) is 17.0 Å². The zero-order chi connectivity index (χ0) is 16.2. The Bertz CT molecular complexity index is 779. The lowest BCUT2D eigenvalue weighted by Crippen LogP contribution is -2.06. The van der Waals surface area contributed by atoms with Gasteiger partial charge in [0.2, 0.25) is 0 Å². The molecule has 1 aromatic heterocycles. The van der Waals surface area contributed by atoms with Crippen molar-refractivity contribution >= 4 is 27.5 Å². The largest absolute Gasteiger partial charge is 0.331 e. The molecule has 118 valence electrons. The highest BCUT2D eigenvalue weighted by Crippen LogP contribution is 2.17. The van der Waals surface area contributed by atoms with Gasteiger partial charge in [-0.1, -0.05) is 39.7 Å². The summed E-state index contributed by atoms with van der Waals surface area (Å²) in [5.41, 5.74) is 2.13. The molecule has 0 bridgehead atoms. The maximum Gasteiger partial charge on any atom is 0.124 e. The number of benzene rings is 2. The third-order valence-electron chi connectivity index (χ3n) is 3.63. The summed E-state index contributed by atoms with van der Waals surface area (Å²) in [6.45, 7) is 0.603. The number of halogens is 3. The van der Waals surface area contributed by atoms with E-state index in [4.69, 9.17) is 11.6 Å². The standard InChI is InChI=1S/C18H15BrClFN2/c19-15-9-14(10-17(21)11-15)12-23-8-7-22-18(23)6-3-13-1-4-16(20)5-2-13/h1-2,4-5,7-11H,3,6,12H2. The highest BCUT2D eigenvalue weighted by Gasteiger charge is 2.06. The van der Waals surface area contributed by atoms with Crippen LogP contribution >= 0.6 is 27.5 Å². The molecule has 3 rings (SSSR count). The molecule has 1 heterocycles. The summed E-state index contributed by atoms with van der Waals surface area (Å²) in [6.07, 6.45) is 5.42. The van der Waals surface area contributed by atoms with E-state index in [1.165, 1.54) is 11.6 Å². The molecule has 0 spiro atoms. The first-order chi connectivity index (χ1) is 11.1. The SMILES string of the molecule is Fc1cc(Br)cc(Cn2ccnc2CCc2ccc(Cl)cc2)c1. The van der Waals surface area contributed by atoms with E-state index in [-0.39, 0.29) is 5.82 Å². The fourth-order valence-corrected chi connectivity index (χ4v) is 3.16. The van der Waals surface area contributed by atoms with Crippen molar-refractivity contribution in [3.63, 3.8) is 0 Å². The van der Waals surface area contributed by atoms with Gasteiger partial charge in [-0.25, -0.2) is 9.37 Å². The lowest BCUT2D eigenvalue weighted by molar-refractivity contribution is 0.621. The first-order valence-electron chi connectivity index (χ1n) is 7.29. The monoisotopic (exact) mass is 392 g/mol. The number of nitrogens with zero attached hydrogens (tertiary/aromatic N) is 2. The molecular formula is C18H15BrClFN2. The summed E-state index contributed by atoms with van der Waals surface area (Å²) in [5.74, 6) is 0.748. The molecule has 0 amide bonds. The van der Waals surface area contributed by atoms with Crippen LogP contribution in [0.3, 0.4) is 0 Å². The Morgan fingerprint density at radius 2 is 1.83 bits per heavy atom. The summed E-state index contributed by atoms with van der Waals surface area (Å²) < 4.78 is 16.3.